The van der Waals surface area contributed by atoms with Crippen molar-refractivity contribution in [2.45, 2.75) is 12.8 Å². The van der Waals surface area contributed by atoms with Gasteiger partial charge in [0.25, 0.3) is 0 Å². The summed E-state index contributed by atoms with van der Waals surface area (Å²) in [5.41, 5.74) is 3.05. The fourth-order valence-corrected chi connectivity index (χ4v) is 1.93. The van der Waals surface area contributed by atoms with E-state index in [0.717, 1.165) is 3.57 Å². The molecule has 0 atom stereocenters. The number of carbonyl (C=O) groups is 2. The summed E-state index contributed by atoms with van der Waals surface area (Å²) in [6, 6.07) is 10.8. The van der Waals surface area contributed by atoms with Crippen LogP contribution in [0.15, 0.2) is 52.2 Å². The van der Waals surface area contributed by atoms with Crippen molar-refractivity contribution in [3.63, 3.8) is 0 Å². The van der Waals surface area contributed by atoms with Gasteiger partial charge in [0.15, 0.2) is 0 Å². The van der Waals surface area contributed by atoms with Crippen LogP contribution in [0.25, 0.3) is 0 Å². The highest BCUT2D eigenvalue weighted by atomic mass is 127. The molecule has 0 aliphatic heterocycles. The second-order valence-electron chi connectivity index (χ2n) is 4.36. The minimum atomic E-state index is -0.333. The van der Waals surface area contributed by atoms with Gasteiger partial charge >= 0.3 is 0 Å². The third-order valence-electron chi connectivity index (χ3n) is 2.63. The second kappa shape index (κ2) is 8.32. The van der Waals surface area contributed by atoms with Crippen LogP contribution in [-0.4, -0.2) is 18.0 Å². The molecule has 6 nitrogen and oxygen atoms in total. The largest absolute Gasteiger partial charge is 0.463 e. The van der Waals surface area contributed by atoms with Crippen molar-refractivity contribution in [2.75, 3.05) is 5.32 Å². The van der Waals surface area contributed by atoms with E-state index < -0.39 is 0 Å². The molecule has 2 aromatic rings. The van der Waals surface area contributed by atoms with Crippen LogP contribution in [-0.2, 0) is 9.59 Å². The number of rotatable bonds is 6. The van der Waals surface area contributed by atoms with E-state index in [-0.39, 0.29) is 24.7 Å². The van der Waals surface area contributed by atoms with Gasteiger partial charge in [0.05, 0.1) is 12.5 Å². The van der Waals surface area contributed by atoms with Crippen LogP contribution in [0.4, 0.5) is 5.69 Å². The summed E-state index contributed by atoms with van der Waals surface area (Å²) in [4.78, 5) is 23.3. The molecule has 2 N–H and O–H groups in total. The highest BCUT2D eigenvalue weighted by Crippen LogP contribution is 2.11. The fourth-order valence-electron chi connectivity index (χ4n) is 1.57. The van der Waals surface area contributed by atoms with Crippen LogP contribution in [0.2, 0.25) is 0 Å². The number of anilines is 1. The Labute approximate surface area is 141 Å². The zero-order valence-electron chi connectivity index (χ0n) is 11.6. The maximum Gasteiger partial charge on any atom is 0.240 e. The normalized spacial score (nSPS) is 10.6. The lowest BCUT2D eigenvalue weighted by Crippen LogP contribution is -2.20. The third-order valence-corrected chi connectivity index (χ3v) is 3.35. The maximum atomic E-state index is 11.7. The van der Waals surface area contributed by atoms with E-state index >= 15 is 0 Å². The summed E-state index contributed by atoms with van der Waals surface area (Å²) >= 11 is 2.19. The number of benzene rings is 1. The van der Waals surface area contributed by atoms with Crippen LogP contribution in [0.5, 0.6) is 0 Å². The molecule has 1 aromatic carbocycles. The molecule has 1 heterocycles. The monoisotopic (exact) mass is 411 g/mol. The Morgan fingerprint density at radius 1 is 1.14 bits per heavy atom. The smallest absolute Gasteiger partial charge is 0.240 e. The van der Waals surface area contributed by atoms with Crippen LogP contribution in [0, 0.1) is 3.57 Å². The summed E-state index contributed by atoms with van der Waals surface area (Å²) in [6.07, 6.45) is 3.06. The molecule has 0 bridgehead atoms. The molecular weight excluding hydrogens is 397 g/mol. The first kappa shape index (κ1) is 16.2. The predicted octanol–water partition coefficient (Wildman–Crippen LogP) is 2.75. The number of hydrogen-bond acceptors (Lipinski definition) is 4. The van der Waals surface area contributed by atoms with Gasteiger partial charge in [-0.3, -0.25) is 9.59 Å². The van der Waals surface area contributed by atoms with Gasteiger partial charge in [-0.05, 0) is 59.0 Å². The van der Waals surface area contributed by atoms with Gasteiger partial charge in [-0.1, -0.05) is 0 Å². The number of hydrazone groups is 1. The van der Waals surface area contributed by atoms with Crippen LogP contribution < -0.4 is 10.7 Å². The lowest BCUT2D eigenvalue weighted by Gasteiger charge is -2.04. The lowest BCUT2D eigenvalue weighted by molar-refractivity contribution is -0.124. The summed E-state index contributed by atoms with van der Waals surface area (Å²) in [5.74, 6) is -0.0105. The molecule has 114 valence electrons. The van der Waals surface area contributed by atoms with Gasteiger partial charge in [-0.25, -0.2) is 5.43 Å². The molecule has 0 aliphatic rings. The van der Waals surface area contributed by atoms with E-state index in [1.807, 2.05) is 24.3 Å². The molecule has 0 saturated heterocycles. The number of nitrogens with zero attached hydrogens (tertiary/aromatic N) is 1. The molecule has 0 unspecified atom stereocenters. The first-order chi connectivity index (χ1) is 10.6. The highest BCUT2D eigenvalue weighted by molar-refractivity contribution is 14.1. The third kappa shape index (κ3) is 5.68. The second-order valence-corrected chi connectivity index (χ2v) is 5.61. The van der Waals surface area contributed by atoms with E-state index in [1.165, 1.54) is 12.5 Å². The van der Waals surface area contributed by atoms with Crippen molar-refractivity contribution in [1.29, 1.82) is 0 Å². The standard InChI is InChI=1S/C15H14IN3O3/c16-11-3-5-12(6-4-11)18-14(20)7-8-15(21)19-17-10-13-2-1-9-22-13/h1-6,9-10H,7-8H2,(H,18,20)(H,19,21). The topological polar surface area (TPSA) is 83.7 Å². The van der Waals surface area contributed by atoms with Gasteiger partial charge in [0.2, 0.25) is 11.8 Å². The Kier molecular flexibility index (Phi) is 6.13. The zero-order valence-corrected chi connectivity index (χ0v) is 13.7. The van der Waals surface area contributed by atoms with Crippen molar-refractivity contribution < 1.29 is 14.0 Å². The Bertz CT molecular complexity index is 651. The van der Waals surface area contributed by atoms with Crippen molar-refractivity contribution in [1.82, 2.24) is 5.43 Å². The number of nitrogens with one attached hydrogen (secondary N) is 2. The number of amides is 2. The van der Waals surface area contributed by atoms with Gasteiger partial charge in [0, 0.05) is 22.1 Å². The zero-order chi connectivity index (χ0) is 15.8. The van der Waals surface area contributed by atoms with Gasteiger partial charge < -0.3 is 9.73 Å². The Balaban J connectivity index is 1.69. The van der Waals surface area contributed by atoms with Crippen LogP contribution in [0.3, 0.4) is 0 Å². The van der Waals surface area contributed by atoms with Crippen molar-refractivity contribution in [2.24, 2.45) is 5.10 Å². The number of hydrogen-bond donors (Lipinski definition) is 2. The molecule has 7 heteroatoms. The molecule has 0 fully saturated rings. The van der Waals surface area contributed by atoms with E-state index in [1.54, 1.807) is 12.1 Å². The van der Waals surface area contributed by atoms with Crippen LogP contribution >= 0.6 is 22.6 Å². The molecule has 0 saturated carbocycles. The van der Waals surface area contributed by atoms with E-state index in [9.17, 15) is 9.59 Å². The average Bonchev–Trinajstić information content (AvgIpc) is 3.01. The van der Waals surface area contributed by atoms with Crippen molar-refractivity contribution in [3.8, 4) is 0 Å². The Morgan fingerprint density at radius 2 is 1.86 bits per heavy atom. The molecule has 22 heavy (non-hydrogen) atoms. The first-order valence-corrected chi connectivity index (χ1v) is 7.62. The van der Waals surface area contributed by atoms with Gasteiger partial charge in [-0.15, -0.1) is 0 Å². The fraction of sp³-hybridized carbons (Fsp3) is 0.133. The summed E-state index contributed by atoms with van der Waals surface area (Å²) in [6.45, 7) is 0. The van der Waals surface area contributed by atoms with Crippen LogP contribution in [0.1, 0.15) is 18.6 Å². The molecule has 1 aromatic heterocycles. The highest BCUT2D eigenvalue weighted by Gasteiger charge is 2.06. The number of furan rings is 1. The van der Waals surface area contributed by atoms with Crippen molar-refractivity contribution in [3.05, 3.63) is 52.0 Å². The quantitative estimate of drug-likeness (QED) is 0.436. The lowest BCUT2D eigenvalue weighted by atomic mass is 10.2. The average molecular weight is 411 g/mol. The van der Waals surface area contributed by atoms with Crippen molar-refractivity contribution >= 4 is 46.3 Å². The molecule has 0 aliphatic carbocycles. The Hall–Kier alpha value is -2.16. The first-order valence-electron chi connectivity index (χ1n) is 6.54. The van der Waals surface area contributed by atoms with E-state index in [4.69, 9.17) is 4.42 Å². The minimum absolute atomic E-state index is 0.0612. The summed E-state index contributed by atoms with van der Waals surface area (Å²) in [5, 5.41) is 6.46. The maximum absolute atomic E-state index is 11.7. The van der Waals surface area contributed by atoms with E-state index in [2.05, 4.69) is 38.4 Å². The minimum Gasteiger partial charge on any atom is -0.463 e. The molecule has 0 radical (unpaired) electrons. The molecular formula is C15H14IN3O3. The SMILES string of the molecule is O=C(CCC(=O)Nc1ccc(I)cc1)NN=Cc1ccco1. The van der Waals surface area contributed by atoms with E-state index in [0.29, 0.717) is 11.4 Å². The molecule has 0 spiro atoms. The summed E-state index contributed by atoms with van der Waals surface area (Å²) < 4.78 is 6.11. The predicted molar refractivity (Wildman–Crippen MR) is 91.5 cm³/mol. The number of halogens is 1. The molecule has 2 rings (SSSR count). The molecule has 2 amide bonds. The van der Waals surface area contributed by atoms with Gasteiger partial charge in [-0.2, -0.15) is 5.10 Å². The van der Waals surface area contributed by atoms with Gasteiger partial charge in [0.1, 0.15) is 5.76 Å². The number of carbonyl (C=O) groups excluding carboxylic acids is 2. The Morgan fingerprint density at radius 3 is 2.55 bits per heavy atom. The summed E-state index contributed by atoms with van der Waals surface area (Å²) in [7, 11) is 0.